The van der Waals surface area contributed by atoms with Crippen LogP contribution in [0.1, 0.15) is 35.2 Å². The second-order valence-electron chi connectivity index (χ2n) is 7.18. The summed E-state index contributed by atoms with van der Waals surface area (Å²) in [5, 5.41) is 4.40. The molecule has 1 aliphatic heterocycles. The van der Waals surface area contributed by atoms with Crippen molar-refractivity contribution in [3.8, 4) is 0 Å². The first-order chi connectivity index (χ1) is 11.0. The molecule has 0 spiro atoms. The van der Waals surface area contributed by atoms with Crippen LogP contribution < -0.4 is 5.32 Å². The van der Waals surface area contributed by atoms with E-state index in [1.54, 1.807) is 0 Å². The molecule has 122 valence electrons. The molecule has 4 heteroatoms. The fraction of sp³-hybridized carbons (Fsp3) is 0.526. The third kappa shape index (κ3) is 2.45. The maximum Gasteiger partial charge on any atom is 0.224 e. The Balaban J connectivity index is 1.53. The minimum atomic E-state index is 0.128. The number of aryl methyl sites for hydroxylation is 3. The summed E-state index contributed by atoms with van der Waals surface area (Å²) >= 11 is 0. The average molecular weight is 312 g/mol. The van der Waals surface area contributed by atoms with Gasteiger partial charge < -0.3 is 15.0 Å². The summed E-state index contributed by atoms with van der Waals surface area (Å²) in [4.78, 5) is 15.9. The number of amides is 1. The van der Waals surface area contributed by atoms with Gasteiger partial charge in [0, 0.05) is 35.2 Å². The Kier molecular flexibility index (Phi) is 3.45. The van der Waals surface area contributed by atoms with E-state index in [-0.39, 0.29) is 5.91 Å². The number of carbonyl (C=O) groups excluding carboxylic acids is 1. The highest BCUT2D eigenvalue weighted by Crippen LogP contribution is 2.38. The van der Waals surface area contributed by atoms with Gasteiger partial charge in [0.15, 0.2) is 0 Å². The lowest BCUT2D eigenvalue weighted by atomic mass is 9.76. The summed E-state index contributed by atoms with van der Waals surface area (Å²) in [6.07, 6.45) is 2.89. The number of aromatic nitrogens is 1. The molecule has 2 fully saturated rings. The zero-order chi connectivity index (χ0) is 16.1. The number of carbonyl (C=O) groups is 1. The number of nitrogens with one attached hydrogen (secondary N) is 2. The SMILES string of the molecule is Cc1cc(C)c2[nH]c(C)c(CC(=O)N[C@H]3C[C@@H]4OCC[C@H]34)c2c1. The van der Waals surface area contributed by atoms with Crippen molar-refractivity contribution in [3.05, 3.63) is 34.5 Å². The standard InChI is InChI=1S/C19H24N2O2/c1-10-6-11(2)19-15(7-10)14(12(3)20-19)8-18(22)21-16-9-17-13(16)4-5-23-17/h6-7,13,16-17,20H,4-5,8-9H2,1-3H3,(H,21,22)/t13-,16+,17+/m1/s1. The summed E-state index contributed by atoms with van der Waals surface area (Å²) in [7, 11) is 0. The van der Waals surface area contributed by atoms with E-state index in [9.17, 15) is 4.79 Å². The number of aromatic amines is 1. The molecule has 0 radical (unpaired) electrons. The molecule has 2 N–H and O–H groups in total. The fourth-order valence-electron chi connectivity index (χ4n) is 4.25. The van der Waals surface area contributed by atoms with E-state index in [1.807, 2.05) is 0 Å². The molecule has 2 heterocycles. The van der Waals surface area contributed by atoms with Crippen LogP contribution in [0.15, 0.2) is 12.1 Å². The van der Waals surface area contributed by atoms with E-state index in [2.05, 4.69) is 43.2 Å². The number of hydrogen-bond donors (Lipinski definition) is 2. The molecular weight excluding hydrogens is 288 g/mol. The van der Waals surface area contributed by atoms with Gasteiger partial charge in [0.2, 0.25) is 5.91 Å². The predicted molar refractivity (Wildman–Crippen MR) is 90.6 cm³/mol. The quantitative estimate of drug-likeness (QED) is 0.915. The molecule has 2 aromatic rings. The molecule has 1 aromatic heterocycles. The predicted octanol–water partition coefficient (Wildman–Crippen LogP) is 2.93. The normalized spacial score (nSPS) is 26.1. The molecule has 0 bridgehead atoms. The van der Waals surface area contributed by atoms with Gasteiger partial charge in [0.05, 0.1) is 12.5 Å². The lowest BCUT2D eigenvalue weighted by Gasteiger charge is -2.39. The molecule has 0 unspecified atom stereocenters. The van der Waals surface area contributed by atoms with Crippen molar-refractivity contribution in [2.45, 2.75) is 52.2 Å². The number of benzene rings is 1. The summed E-state index contributed by atoms with van der Waals surface area (Å²) in [6.45, 7) is 7.13. The zero-order valence-electron chi connectivity index (χ0n) is 14.0. The summed E-state index contributed by atoms with van der Waals surface area (Å²) in [5.41, 5.74) is 5.85. The highest BCUT2D eigenvalue weighted by molar-refractivity contribution is 5.92. The molecule has 1 aliphatic carbocycles. The Labute approximate surface area is 136 Å². The van der Waals surface area contributed by atoms with E-state index in [0.717, 1.165) is 36.2 Å². The third-order valence-electron chi connectivity index (χ3n) is 5.52. The van der Waals surface area contributed by atoms with Crippen LogP contribution in [0.5, 0.6) is 0 Å². The van der Waals surface area contributed by atoms with E-state index in [4.69, 9.17) is 4.74 Å². The van der Waals surface area contributed by atoms with Crippen LogP contribution >= 0.6 is 0 Å². The van der Waals surface area contributed by atoms with Crippen LogP contribution in [-0.4, -0.2) is 29.6 Å². The van der Waals surface area contributed by atoms with E-state index < -0.39 is 0 Å². The van der Waals surface area contributed by atoms with Crippen molar-refractivity contribution in [3.63, 3.8) is 0 Å². The van der Waals surface area contributed by atoms with Gasteiger partial charge in [-0.2, -0.15) is 0 Å². The Morgan fingerprint density at radius 3 is 2.96 bits per heavy atom. The lowest BCUT2D eigenvalue weighted by Crippen LogP contribution is -2.53. The lowest BCUT2D eigenvalue weighted by molar-refractivity contribution is -0.123. The van der Waals surface area contributed by atoms with E-state index in [0.29, 0.717) is 24.5 Å². The smallest absolute Gasteiger partial charge is 0.224 e. The van der Waals surface area contributed by atoms with Crippen molar-refractivity contribution >= 4 is 16.8 Å². The minimum absolute atomic E-state index is 0.128. The number of hydrogen-bond acceptors (Lipinski definition) is 2. The van der Waals surface area contributed by atoms with Crippen molar-refractivity contribution in [2.24, 2.45) is 5.92 Å². The largest absolute Gasteiger partial charge is 0.378 e. The van der Waals surface area contributed by atoms with Crippen LogP contribution in [-0.2, 0) is 16.0 Å². The van der Waals surface area contributed by atoms with Crippen LogP contribution in [0.25, 0.3) is 10.9 Å². The van der Waals surface area contributed by atoms with Crippen LogP contribution in [0, 0.1) is 26.7 Å². The molecule has 1 saturated heterocycles. The number of ether oxygens (including phenoxy) is 1. The van der Waals surface area contributed by atoms with Crippen molar-refractivity contribution in [1.29, 1.82) is 0 Å². The van der Waals surface area contributed by atoms with E-state index in [1.165, 1.54) is 16.5 Å². The first-order valence-corrected chi connectivity index (χ1v) is 8.52. The van der Waals surface area contributed by atoms with Crippen molar-refractivity contribution in [1.82, 2.24) is 10.3 Å². The van der Waals surface area contributed by atoms with Crippen LogP contribution in [0.2, 0.25) is 0 Å². The van der Waals surface area contributed by atoms with Crippen LogP contribution in [0.3, 0.4) is 0 Å². The second kappa shape index (κ2) is 5.38. The number of fused-ring (bicyclic) bond motifs is 2. The van der Waals surface area contributed by atoms with Gasteiger partial charge in [-0.25, -0.2) is 0 Å². The molecule has 23 heavy (non-hydrogen) atoms. The van der Waals surface area contributed by atoms with Crippen molar-refractivity contribution < 1.29 is 9.53 Å². The fourth-order valence-corrected chi connectivity index (χ4v) is 4.25. The van der Waals surface area contributed by atoms with Gasteiger partial charge in [-0.1, -0.05) is 11.6 Å². The Morgan fingerprint density at radius 1 is 1.35 bits per heavy atom. The number of rotatable bonds is 3. The molecule has 4 nitrogen and oxygen atoms in total. The Morgan fingerprint density at radius 2 is 2.17 bits per heavy atom. The monoisotopic (exact) mass is 312 g/mol. The molecule has 2 aliphatic rings. The van der Waals surface area contributed by atoms with Crippen molar-refractivity contribution in [2.75, 3.05) is 6.61 Å². The molecule has 1 saturated carbocycles. The molecule has 1 amide bonds. The summed E-state index contributed by atoms with van der Waals surface area (Å²) in [6, 6.07) is 4.67. The zero-order valence-corrected chi connectivity index (χ0v) is 14.0. The van der Waals surface area contributed by atoms with Gasteiger partial charge in [-0.3, -0.25) is 4.79 Å². The Bertz CT molecular complexity index is 777. The van der Waals surface area contributed by atoms with Gasteiger partial charge in [0.1, 0.15) is 0 Å². The Hall–Kier alpha value is -1.81. The highest BCUT2D eigenvalue weighted by Gasteiger charge is 2.45. The molecule has 1 aromatic carbocycles. The van der Waals surface area contributed by atoms with Gasteiger partial charge in [-0.05, 0) is 50.8 Å². The molecule has 3 atom stereocenters. The molecule has 4 rings (SSSR count). The third-order valence-corrected chi connectivity index (χ3v) is 5.52. The van der Waals surface area contributed by atoms with Crippen LogP contribution in [0.4, 0.5) is 0 Å². The van der Waals surface area contributed by atoms with Gasteiger partial charge in [0.25, 0.3) is 0 Å². The second-order valence-corrected chi connectivity index (χ2v) is 7.18. The number of H-pyrrole nitrogens is 1. The topological polar surface area (TPSA) is 54.1 Å². The maximum atomic E-state index is 12.5. The minimum Gasteiger partial charge on any atom is -0.378 e. The summed E-state index contributed by atoms with van der Waals surface area (Å²) in [5.74, 6) is 0.663. The summed E-state index contributed by atoms with van der Waals surface area (Å²) < 4.78 is 5.62. The van der Waals surface area contributed by atoms with Gasteiger partial charge in [-0.15, -0.1) is 0 Å². The van der Waals surface area contributed by atoms with E-state index >= 15 is 0 Å². The molecular formula is C19H24N2O2. The first-order valence-electron chi connectivity index (χ1n) is 8.52. The maximum absolute atomic E-state index is 12.5. The van der Waals surface area contributed by atoms with Gasteiger partial charge >= 0.3 is 0 Å². The first kappa shape index (κ1) is 14.8. The highest BCUT2D eigenvalue weighted by atomic mass is 16.5. The average Bonchev–Trinajstić information content (AvgIpc) is 2.99.